The number of hydrogen-bond acceptors (Lipinski definition) is 3. The Labute approximate surface area is 114 Å². The van der Waals surface area contributed by atoms with Gasteiger partial charge in [-0.3, -0.25) is 4.79 Å². The van der Waals surface area contributed by atoms with Crippen molar-refractivity contribution in [3.05, 3.63) is 29.3 Å². The second kappa shape index (κ2) is 6.06. The monoisotopic (exact) mass is 262 g/mol. The van der Waals surface area contributed by atoms with Crippen LogP contribution in [0.2, 0.25) is 0 Å². The van der Waals surface area contributed by atoms with Crippen molar-refractivity contribution in [2.45, 2.75) is 20.3 Å². The highest BCUT2D eigenvalue weighted by atomic mass is 16.4. The highest BCUT2D eigenvalue weighted by Crippen LogP contribution is 2.27. The van der Waals surface area contributed by atoms with Gasteiger partial charge < -0.3 is 15.3 Å². The number of nitrogens with zero attached hydrogens (tertiary/aromatic N) is 1. The summed E-state index contributed by atoms with van der Waals surface area (Å²) in [6.07, 6.45) is 0.971. The molecule has 1 aliphatic rings. The molecule has 19 heavy (non-hydrogen) atoms. The van der Waals surface area contributed by atoms with E-state index in [1.165, 1.54) is 16.8 Å². The molecular weight excluding hydrogens is 240 g/mol. The van der Waals surface area contributed by atoms with Crippen LogP contribution in [0.5, 0.6) is 0 Å². The molecule has 0 spiro atoms. The largest absolute Gasteiger partial charge is 0.481 e. The number of carbonyl (C=O) groups is 1. The molecule has 2 N–H and O–H groups in total. The summed E-state index contributed by atoms with van der Waals surface area (Å²) >= 11 is 0. The first kappa shape index (κ1) is 13.9. The smallest absolute Gasteiger partial charge is 0.309 e. The topological polar surface area (TPSA) is 52.6 Å². The second-order valence-electron chi connectivity index (χ2n) is 5.12. The summed E-state index contributed by atoms with van der Waals surface area (Å²) in [5.41, 5.74) is 3.75. The number of aryl methyl sites for hydroxylation is 2. The van der Waals surface area contributed by atoms with Gasteiger partial charge in [-0.15, -0.1) is 0 Å². The van der Waals surface area contributed by atoms with E-state index in [0.29, 0.717) is 13.1 Å². The Morgan fingerprint density at radius 2 is 2.32 bits per heavy atom. The highest BCUT2D eigenvalue weighted by molar-refractivity contribution is 5.72. The number of rotatable bonds is 3. The fraction of sp³-hybridized carbons (Fsp3) is 0.533. The molecule has 104 valence electrons. The molecule has 4 nitrogen and oxygen atoms in total. The minimum Gasteiger partial charge on any atom is -0.481 e. The van der Waals surface area contributed by atoms with Crippen molar-refractivity contribution < 1.29 is 9.90 Å². The molecule has 0 aliphatic carbocycles. The number of para-hydroxylation sites is 1. The van der Waals surface area contributed by atoms with Crippen molar-refractivity contribution >= 4 is 11.7 Å². The van der Waals surface area contributed by atoms with E-state index in [1.807, 2.05) is 0 Å². The third-order valence-corrected chi connectivity index (χ3v) is 3.76. The van der Waals surface area contributed by atoms with Crippen molar-refractivity contribution in [3.63, 3.8) is 0 Å². The third-order valence-electron chi connectivity index (χ3n) is 3.76. The number of hydrogen-bond donors (Lipinski definition) is 2. The van der Waals surface area contributed by atoms with Crippen molar-refractivity contribution in [1.29, 1.82) is 0 Å². The molecule has 0 radical (unpaired) electrons. The first-order valence-electron chi connectivity index (χ1n) is 6.90. The molecule has 1 aromatic rings. The van der Waals surface area contributed by atoms with Gasteiger partial charge >= 0.3 is 5.97 Å². The first-order chi connectivity index (χ1) is 9.13. The van der Waals surface area contributed by atoms with E-state index in [9.17, 15) is 9.90 Å². The molecule has 1 atom stereocenters. The van der Waals surface area contributed by atoms with Gasteiger partial charge in [0.15, 0.2) is 0 Å². The summed E-state index contributed by atoms with van der Waals surface area (Å²) < 4.78 is 0. The normalized spacial score (nSPS) is 20.1. The lowest BCUT2D eigenvalue weighted by Crippen LogP contribution is -2.34. The summed E-state index contributed by atoms with van der Waals surface area (Å²) in [5, 5.41) is 12.5. The van der Waals surface area contributed by atoms with E-state index < -0.39 is 5.97 Å². The number of benzene rings is 1. The Hall–Kier alpha value is -1.55. The van der Waals surface area contributed by atoms with Crippen molar-refractivity contribution in [2.75, 3.05) is 31.1 Å². The zero-order chi connectivity index (χ0) is 13.8. The molecule has 1 fully saturated rings. The van der Waals surface area contributed by atoms with Crippen molar-refractivity contribution in [1.82, 2.24) is 5.32 Å². The van der Waals surface area contributed by atoms with Gasteiger partial charge in [-0.05, 0) is 24.5 Å². The van der Waals surface area contributed by atoms with Crippen LogP contribution in [0.1, 0.15) is 18.1 Å². The van der Waals surface area contributed by atoms with Gasteiger partial charge in [0.25, 0.3) is 0 Å². The summed E-state index contributed by atoms with van der Waals surface area (Å²) in [4.78, 5) is 13.5. The highest BCUT2D eigenvalue weighted by Gasteiger charge is 2.25. The fourth-order valence-corrected chi connectivity index (χ4v) is 2.74. The van der Waals surface area contributed by atoms with Gasteiger partial charge in [-0.25, -0.2) is 0 Å². The Morgan fingerprint density at radius 3 is 3.00 bits per heavy atom. The molecular formula is C15H22N2O2. The van der Waals surface area contributed by atoms with E-state index in [2.05, 4.69) is 42.3 Å². The maximum atomic E-state index is 11.3. The predicted molar refractivity (Wildman–Crippen MR) is 76.8 cm³/mol. The lowest BCUT2D eigenvalue weighted by molar-refractivity contribution is -0.141. The molecule has 0 bridgehead atoms. The molecule has 1 unspecified atom stereocenters. The number of carboxylic acids is 1. The molecule has 4 heteroatoms. The molecule has 0 saturated carbocycles. The van der Waals surface area contributed by atoms with E-state index in [1.54, 1.807) is 0 Å². The molecule has 0 amide bonds. The van der Waals surface area contributed by atoms with Crippen LogP contribution in [0, 0.1) is 12.8 Å². The number of carboxylic acid groups (broad SMARTS) is 1. The maximum absolute atomic E-state index is 11.3. The first-order valence-corrected chi connectivity index (χ1v) is 6.90. The summed E-state index contributed by atoms with van der Waals surface area (Å²) in [6.45, 7) is 7.08. The Kier molecular flexibility index (Phi) is 4.43. The maximum Gasteiger partial charge on any atom is 0.309 e. The Balaban J connectivity index is 2.31. The molecule has 0 aromatic heterocycles. The van der Waals surface area contributed by atoms with Gasteiger partial charge in [0.2, 0.25) is 0 Å². The summed E-state index contributed by atoms with van der Waals surface area (Å²) in [7, 11) is 0. The molecule has 1 heterocycles. The minimum absolute atomic E-state index is 0.341. The molecule has 1 aliphatic heterocycles. The number of aliphatic carboxylic acids is 1. The van der Waals surface area contributed by atoms with Crippen molar-refractivity contribution in [3.8, 4) is 0 Å². The van der Waals surface area contributed by atoms with Gasteiger partial charge in [-0.1, -0.05) is 25.1 Å². The average molecular weight is 262 g/mol. The Bertz CT molecular complexity index is 459. The molecule has 2 rings (SSSR count). The fourth-order valence-electron chi connectivity index (χ4n) is 2.74. The van der Waals surface area contributed by atoms with Crippen LogP contribution >= 0.6 is 0 Å². The Morgan fingerprint density at radius 1 is 1.53 bits per heavy atom. The van der Waals surface area contributed by atoms with Gasteiger partial charge in [0, 0.05) is 31.9 Å². The van der Waals surface area contributed by atoms with Gasteiger partial charge in [-0.2, -0.15) is 0 Å². The van der Waals surface area contributed by atoms with Gasteiger partial charge in [0.05, 0.1) is 5.92 Å². The van der Waals surface area contributed by atoms with E-state index in [-0.39, 0.29) is 5.92 Å². The van der Waals surface area contributed by atoms with E-state index in [4.69, 9.17) is 0 Å². The average Bonchev–Trinajstić information content (AvgIpc) is 2.64. The SMILES string of the molecule is CCc1cccc(C)c1N1CCNCC(C(=O)O)C1. The van der Waals surface area contributed by atoms with E-state index >= 15 is 0 Å². The second-order valence-corrected chi connectivity index (χ2v) is 5.12. The van der Waals surface area contributed by atoms with Crippen LogP contribution in [0.25, 0.3) is 0 Å². The molecule has 1 saturated heterocycles. The van der Waals surface area contributed by atoms with Crippen LogP contribution in [0.4, 0.5) is 5.69 Å². The summed E-state index contributed by atoms with van der Waals surface area (Å²) in [5.74, 6) is -1.06. The van der Waals surface area contributed by atoms with Crippen LogP contribution in [0.15, 0.2) is 18.2 Å². The lowest BCUT2D eigenvalue weighted by Gasteiger charge is -2.28. The van der Waals surface area contributed by atoms with E-state index in [0.717, 1.165) is 19.5 Å². The molecule has 1 aromatic carbocycles. The predicted octanol–water partition coefficient (Wildman–Crippen LogP) is 1.67. The summed E-state index contributed by atoms with van der Waals surface area (Å²) in [6, 6.07) is 6.31. The van der Waals surface area contributed by atoms with Crippen LogP contribution in [0.3, 0.4) is 0 Å². The van der Waals surface area contributed by atoms with Crippen LogP contribution < -0.4 is 10.2 Å². The van der Waals surface area contributed by atoms with Gasteiger partial charge in [0.1, 0.15) is 0 Å². The minimum atomic E-state index is -0.717. The lowest BCUT2D eigenvalue weighted by atomic mass is 10.0. The van der Waals surface area contributed by atoms with Crippen LogP contribution in [-0.2, 0) is 11.2 Å². The number of anilines is 1. The van der Waals surface area contributed by atoms with Crippen molar-refractivity contribution in [2.24, 2.45) is 5.92 Å². The third kappa shape index (κ3) is 3.07. The zero-order valence-corrected chi connectivity index (χ0v) is 11.6. The quantitative estimate of drug-likeness (QED) is 0.870. The van der Waals surface area contributed by atoms with Crippen LogP contribution in [-0.4, -0.2) is 37.3 Å². The standard InChI is InChI=1S/C15H22N2O2/c1-3-12-6-4-5-11(2)14(12)17-8-7-16-9-13(10-17)15(18)19/h4-6,13,16H,3,7-10H2,1-2H3,(H,18,19). The number of nitrogens with one attached hydrogen (secondary N) is 1. The zero-order valence-electron chi connectivity index (χ0n) is 11.6.